The fraction of sp³-hybridized carbons (Fsp3) is 0.208. The lowest BCUT2D eigenvalue weighted by molar-refractivity contribution is -0.111. The molecule has 3 aromatic rings. The van der Waals surface area contributed by atoms with Crippen molar-refractivity contribution >= 4 is 33.3 Å². The van der Waals surface area contributed by atoms with Crippen LogP contribution in [0.25, 0.3) is 11.6 Å². The van der Waals surface area contributed by atoms with E-state index in [2.05, 4.69) is 5.32 Å². The van der Waals surface area contributed by atoms with E-state index in [1.165, 1.54) is 29.8 Å². The number of methoxy groups -OCH3 is 1. The minimum atomic E-state index is -3.64. The summed E-state index contributed by atoms with van der Waals surface area (Å²) in [6, 6.07) is 17.2. The van der Waals surface area contributed by atoms with E-state index in [0.717, 1.165) is 12.8 Å². The Morgan fingerprint density at radius 3 is 2.47 bits per heavy atom. The lowest BCUT2D eigenvalue weighted by atomic mass is 10.0. The molecule has 0 saturated carbocycles. The molecule has 4 rings (SSSR count). The third-order valence-corrected chi connectivity index (χ3v) is 7.18. The maximum absolute atomic E-state index is 13.3. The average molecular weight is 453 g/mol. The minimum absolute atomic E-state index is 0.117. The zero-order valence-corrected chi connectivity index (χ0v) is 18.5. The predicted molar refractivity (Wildman–Crippen MR) is 123 cm³/mol. The molecule has 0 bridgehead atoms. The molecule has 0 spiro atoms. The number of benzene rings is 2. The van der Waals surface area contributed by atoms with Gasteiger partial charge in [0.15, 0.2) is 0 Å². The van der Waals surface area contributed by atoms with Gasteiger partial charge in [-0.3, -0.25) is 4.79 Å². The van der Waals surface area contributed by atoms with Crippen LogP contribution in [0.4, 0.5) is 5.69 Å². The first-order valence-corrected chi connectivity index (χ1v) is 11.7. The van der Waals surface area contributed by atoms with Crippen LogP contribution in [-0.2, 0) is 14.8 Å². The Kier molecular flexibility index (Phi) is 6.43. The summed E-state index contributed by atoms with van der Waals surface area (Å²) in [6.45, 7) is 1.00. The molecule has 0 radical (unpaired) electrons. The molecule has 32 heavy (non-hydrogen) atoms. The van der Waals surface area contributed by atoms with Gasteiger partial charge < -0.3 is 14.5 Å². The van der Waals surface area contributed by atoms with Crippen molar-refractivity contribution in [1.82, 2.24) is 4.31 Å². The molecule has 1 fully saturated rings. The van der Waals surface area contributed by atoms with E-state index in [-0.39, 0.29) is 10.6 Å². The molecule has 1 saturated heterocycles. The number of carbonyl (C=O) groups excluding carboxylic acids is 1. The van der Waals surface area contributed by atoms with E-state index >= 15 is 0 Å². The Morgan fingerprint density at radius 2 is 1.81 bits per heavy atom. The van der Waals surface area contributed by atoms with Gasteiger partial charge in [0, 0.05) is 13.1 Å². The van der Waals surface area contributed by atoms with Crippen LogP contribution in [0, 0.1) is 0 Å². The van der Waals surface area contributed by atoms with Gasteiger partial charge in [-0.1, -0.05) is 30.3 Å². The van der Waals surface area contributed by atoms with E-state index in [4.69, 9.17) is 9.15 Å². The normalized spacial score (nSPS) is 15.0. The monoisotopic (exact) mass is 452 g/mol. The van der Waals surface area contributed by atoms with E-state index in [0.29, 0.717) is 35.7 Å². The highest BCUT2D eigenvalue weighted by molar-refractivity contribution is 7.89. The van der Waals surface area contributed by atoms with Crippen molar-refractivity contribution in [3.63, 3.8) is 0 Å². The Morgan fingerprint density at radius 1 is 1.06 bits per heavy atom. The molecule has 0 unspecified atom stereocenters. The van der Waals surface area contributed by atoms with Gasteiger partial charge in [-0.25, -0.2) is 8.42 Å². The number of hydrogen-bond acceptors (Lipinski definition) is 5. The molecule has 1 aromatic heterocycles. The average Bonchev–Trinajstić information content (AvgIpc) is 3.52. The number of furan rings is 1. The predicted octanol–water partition coefficient (Wildman–Crippen LogP) is 4.25. The summed E-state index contributed by atoms with van der Waals surface area (Å²) in [5.41, 5.74) is 1.34. The molecule has 2 aromatic carbocycles. The second-order valence-electron chi connectivity index (χ2n) is 7.37. The van der Waals surface area contributed by atoms with Crippen LogP contribution in [0.1, 0.15) is 24.2 Å². The van der Waals surface area contributed by atoms with Gasteiger partial charge in [0.05, 0.1) is 29.5 Å². The number of sulfonamides is 1. The first-order chi connectivity index (χ1) is 15.5. The summed E-state index contributed by atoms with van der Waals surface area (Å²) in [5.74, 6) is 0.474. The molecule has 2 heterocycles. The van der Waals surface area contributed by atoms with Crippen LogP contribution in [0.2, 0.25) is 0 Å². The zero-order valence-electron chi connectivity index (χ0n) is 17.7. The Balaban J connectivity index is 1.69. The van der Waals surface area contributed by atoms with Crippen molar-refractivity contribution in [2.75, 3.05) is 25.5 Å². The van der Waals surface area contributed by atoms with Gasteiger partial charge in [0.25, 0.3) is 5.91 Å². The van der Waals surface area contributed by atoms with Gasteiger partial charge in [0.1, 0.15) is 11.5 Å². The number of carbonyl (C=O) groups is 1. The quantitative estimate of drug-likeness (QED) is 0.542. The van der Waals surface area contributed by atoms with Gasteiger partial charge in [-0.05, 0) is 54.8 Å². The largest absolute Gasteiger partial charge is 0.495 e. The standard InChI is InChI=1S/C24H24N2O5S/c1-30-23-12-11-20(32(28,29)26-13-5-6-14-26)17-22(23)25-24(27)21(16-19-10-7-15-31-19)18-8-3-2-4-9-18/h2-4,7-12,15-17H,5-6,13-14H2,1H3,(H,25,27)/b21-16+. The zero-order chi connectivity index (χ0) is 22.6. The Labute approximate surface area is 187 Å². The maximum atomic E-state index is 13.3. The number of rotatable bonds is 7. The lowest BCUT2D eigenvalue weighted by Crippen LogP contribution is -2.28. The Bertz CT molecular complexity index is 1210. The number of anilines is 1. The van der Waals surface area contributed by atoms with Gasteiger partial charge in [0.2, 0.25) is 10.0 Å². The van der Waals surface area contributed by atoms with Crippen LogP contribution in [0.15, 0.2) is 76.2 Å². The summed E-state index contributed by atoms with van der Waals surface area (Å²) >= 11 is 0. The molecule has 1 amide bonds. The first kappa shape index (κ1) is 21.9. The SMILES string of the molecule is COc1ccc(S(=O)(=O)N2CCCC2)cc1NC(=O)/C(=C/c1ccco1)c1ccccc1. The van der Waals surface area contributed by atoms with E-state index < -0.39 is 15.9 Å². The third-order valence-electron chi connectivity index (χ3n) is 5.28. The van der Waals surface area contributed by atoms with Crippen molar-refractivity contribution in [3.8, 4) is 5.75 Å². The number of ether oxygens (including phenoxy) is 1. The molecule has 166 valence electrons. The molecule has 0 atom stereocenters. The van der Waals surface area contributed by atoms with Gasteiger partial charge in [-0.15, -0.1) is 0 Å². The van der Waals surface area contributed by atoms with E-state index in [9.17, 15) is 13.2 Å². The topological polar surface area (TPSA) is 88.9 Å². The van der Waals surface area contributed by atoms with Crippen molar-refractivity contribution in [2.24, 2.45) is 0 Å². The molecular weight excluding hydrogens is 428 g/mol. The second kappa shape index (κ2) is 9.42. The molecule has 1 aliphatic heterocycles. The highest BCUT2D eigenvalue weighted by Crippen LogP contribution is 2.31. The number of hydrogen-bond donors (Lipinski definition) is 1. The van der Waals surface area contributed by atoms with E-state index in [1.807, 2.05) is 30.3 Å². The first-order valence-electron chi connectivity index (χ1n) is 10.3. The van der Waals surface area contributed by atoms with Crippen molar-refractivity contribution in [2.45, 2.75) is 17.7 Å². The summed E-state index contributed by atoms with van der Waals surface area (Å²) < 4.78 is 38.2. The minimum Gasteiger partial charge on any atom is -0.495 e. The van der Waals surface area contributed by atoms with Crippen LogP contribution in [0.5, 0.6) is 5.75 Å². The molecular formula is C24H24N2O5S. The highest BCUT2D eigenvalue weighted by Gasteiger charge is 2.28. The summed E-state index contributed by atoms with van der Waals surface area (Å²) in [7, 11) is -2.17. The van der Waals surface area contributed by atoms with Crippen LogP contribution in [0.3, 0.4) is 0 Å². The molecule has 7 nitrogen and oxygen atoms in total. The number of nitrogens with one attached hydrogen (secondary N) is 1. The smallest absolute Gasteiger partial charge is 0.256 e. The number of nitrogens with zero attached hydrogens (tertiary/aromatic N) is 1. The highest BCUT2D eigenvalue weighted by atomic mass is 32.2. The van der Waals surface area contributed by atoms with Crippen molar-refractivity contribution in [1.29, 1.82) is 0 Å². The summed E-state index contributed by atoms with van der Waals surface area (Å²) in [4.78, 5) is 13.4. The lowest BCUT2D eigenvalue weighted by Gasteiger charge is -2.18. The van der Waals surface area contributed by atoms with E-state index in [1.54, 1.807) is 24.3 Å². The fourth-order valence-electron chi connectivity index (χ4n) is 3.63. The number of amides is 1. The second-order valence-corrected chi connectivity index (χ2v) is 9.30. The molecule has 8 heteroatoms. The van der Waals surface area contributed by atoms with Crippen molar-refractivity contribution < 1.29 is 22.4 Å². The van der Waals surface area contributed by atoms with Gasteiger partial charge in [-0.2, -0.15) is 4.31 Å². The van der Waals surface area contributed by atoms with Crippen LogP contribution >= 0.6 is 0 Å². The third kappa shape index (κ3) is 4.61. The Hall–Kier alpha value is -3.36. The molecule has 1 aliphatic rings. The summed E-state index contributed by atoms with van der Waals surface area (Å²) in [6.07, 6.45) is 4.86. The molecule has 1 N–H and O–H groups in total. The maximum Gasteiger partial charge on any atom is 0.256 e. The van der Waals surface area contributed by atoms with Crippen molar-refractivity contribution in [3.05, 3.63) is 78.3 Å². The van der Waals surface area contributed by atoms with Gasteiger partial charge >= 0.3 is 0 Å². The molecule has 0 aliphatic carbocycles. The fourth-order valence-corrected chi connectivity index (χ4v) is 5.17. The van der Waals surface area contributed by atoms with Crippen LogP contribution < -0.4 is 10.1 Å². The van der Waals surface area contributed by atoms with Crippen LogP contribution in [-0.4, -0.2) is 38.8 Å². The summed E-state index contributed by atoms with van der Waals surface area (Å²) in [5, 5.41) is 2.82.